The molecule has 2 aromatic rings. The summed E-state index contributed by atoms with van der Waals surface area (Å²) in [4.78, 5) is 27.9. The van der Waals surface area contributed by atoms with E-state index >= 15 is 0 Å². The van der Waals surface area contributed by atoms with E-state index in [1.165, 1.54) is 21.0 Å². The quantitative estimate of drug-likeness (QED) is 0.284. The Kier molecular flexibility index (Phi) is 7.31. The van der Waals surface area contributed by atoms with Crippen LogP contribution in [-0.4, -0.2) is 49.7 Å². The van der Waals surface area contributed by atoms with Crippen molar-refractivity contribution in [2.45, 2.75) is 25.7 Å². The number of hydrogen-bond donors (Lipinski definition) is 3. The second kappa shape index (κ2) is 9.51. The van der Waals surface area contributed by atoms with Crippen molar-refractivity contribution in [3.05, 3.63) is 29.5 Å². The average Bonchev–Trinajstić information content (AvgIpc) is 2.95. The normalized spacial score (nSPS) is 11.1. The second-order valence-corrected chi connectivity index (χ2v) is 7.43. The van der Waals surface area contributed by atoms with Gasteiger partial charge in [-0.15, -0.1) is 0 Å². The summed E-state index contributed by atoms with van der Waals surface area (Å²) in [5, 5.41) is 2.21. The molecule has 2 heterocycles. The lowest BCUT2D eigenvalue weighted by molar-refractivity contribution is 0.0926. The van der Waals surface area contributed by atoms with Gasteiger partial charge < -0.3 is 18.7 Å². The van der Waals surface area contributed by atoms with Gasteiger partial charge >= 0.3 is 12.0 Å². The number of rotatable bonds is 9. The number of hydrogen-bond acceptors (Lipinski definition) is 11. The molecule has 164 valence electrons. The molecule has 2 amide bonds. The van der Waals surface area contributed by atoms with Gasteiger partial charge in [0.2, 0.25) is 5.95 Å². The van der Waals surface area contributed by atoms with Gasteiger partial charge in [0, 0.05) is 0 Å². The fraction of sp³-hybridized carbons (Fsp3) is 0.375. The number of methoxy groups -OCH3 is 1. The summed E-state index contributed by atoms with van der Waals surface area (Å²) in [5.74, 6) is 5.30. The van der Waals surface area contributed by atoms with Crippen LogP contribution in [0.4, 0.5) is 10.7 Å². The third kappa shape index (κ3) is 5.43. The first-order valence-corrected chi connectivity index (χ1v) is 9.91. The van der Waals surface area contributed by atoms with E-state index in [9.17, 15) is 13.2 Å². The summed E-state index contributed by atoms with van der Waals surface area (Å²) in [7, 11) is -3.04. The van der Waals surface area contributed by atoms with Crippen molar-refractivity contribution in [3.63, 3.8) is 0 Å². The van der Waals surface area contributed by atoms with E-state index in [2.05, 4.69) is 31.7 Å². The Morgan fingerprint density at radius 1 is 1.17 bits per heavy atom. The molecular formula is C16H22N6O7S. The minimum Gasteiger partial charge on any atom is -0.491 e. The van der Waals surface area contributed by atoms with Crippen LogP contribution in [-0.2, 0) is 19.6 Å². The zero-order chi connectivity index (χ0) is 22.5. The van der Waals surface area contributed by atoms with E-state index in [1.807, 2.05) is 4.72 Å². The standard InChI is InChI=1S/C16H22N6O7S/c1-8(27-6-7-28-17)12-9(2)29-10(3)13(12)30(24,25)22-15(23)20-14-18-11(4)19-16(21-14)26-5/h1,6-7,17H2,2-5H3,(H2,18,19,20,21,22,23). The van der Waals surface area contributed by atoms with E-state index in [-0.39, 0.29) is 58.7 Å². The number of anilines is 1. The van der Waals surface area contributed by atoms with E-state index in [4.69, 9.17) is 19.8 Å². The van der Waals surface area contributed by atoms with Crippen LogP contribution in [0.2, 0.25) is 0 Å². The number of carbonyl (C=O) groups is 1. The van der Waals surface area contributed by atoms with Crippen LogP contribution in [0.3, 0.4) is 0 Å². The maximum Gasteiger partial charge on any atom is 0.335 e. The van der Waals surface area contributed by atoms with Crippen molar-refractivity contribution < 1.29 is 31.9 Å². The highest BCUT2D eigenvalue weighted by molar-refractivity contribution is 7.90. The summed E-state index contributed by atoms with van der Waals surface area (Å²) in [6.45, 7) is 8.32. The molecular weight excluding hydrogens is 420 g/mol. The van der Waals surface area contributed by atoms with Crippen molar-refractivity contribution in [2.75, 3.05) is 25.6 Å². The molecule has 0 bridgehead atoms. The molecule has 4 N–H and O–H groups in total. The van der Waals surface area contributed by atoms with Crippen molar-refractivity contribution in [2.24, 2.45) is 5.90 Å². The number of urea groups is 1. The predicted octanol–water partition coefficient (Wildman–Crippen LogP) is 0.786. The van der Waals surface area contributed by atoms with Crippen LogP contribution >= 0.6 is 0 Å². The summed E-state index contributed by atoms with van der Waals surface area (Å²) in [6.07, 6.45) is 0. The molecule has 0 unspecified atom stereocenters. The molecule has 13 nitrogen and oxygen atoms in total. The predicted molar refractivity (Wildman–Crippen MR) is 104 cm³/mol. The molecule has 0 aliphatic rings. The SMILES string of the molecule is C=C(OCCON)c1c(C)oc(C)c1S(=O)(=O)NC(=O)Nc1nc(C)nc(OC)n1. The number of sulfonamides is 1. The number of amides is 2. The fourth-order valence-corrected chi connectivity index (χ4v) is 3.84. The van der Waals surface area contributed by atoms with Crippen LogP contribution in [0, 0.1) is 20.8 Å². The maximum atomic E-state index is 12.9. The van der Waals surface area contributed by atoms with Crippen LogP contribution in [0.5, 0.6) is 6.01 Å². The van der Waals surface area contributed by atoms with Gasteiger partial charge in [0.1, 0.15) is 41.2 Å². The van der Waals surface area contributed by atoms with Gasteiger partial charge in [0.05, 0.1) is 12.7 Å². The van der Waals surface area contributed by atoms with Gasteiger partial charge in [-0.1, -0.05) is 6.58 Å². The van der Waals surface area contributed by atoms with Gasteiger partial charge in [0.25, 0.3) is 10.0 Å². The minimum atomic E-state index is -4.38. The molecule has 14 heteroatoms. The Morgan fingerprint density at radius 3 is 2.50 bits per heavy atom. The monoisotopic (exact) mass is 442 g/mol. The molecule has 2 rings (SSSR count). The lowest BCUT2D eigenvalue weighted by atomic mass is 10.2. The number of nitrogens with one attached hydrogen (secondary N) is 2. The summed E-state index contributed by atoms with van der Waals surface area (Å²) in [6, 6.07) is -1.14. The molecule has 0 saturated carbocycles. The maximum absolute atomic E-state index is 12.9. The van der Waals surface area contributed by atoms with Gasteiger partial charge in [0.15, 0.2) is 0 Å². The van der Waals surface area contributed by atoms with E-state index in [1.54, 1.807) is 6.92 Å². The summed E-state index contributed by atoms with van der Waals surface area (Å²) < 4.78 is 43.2. The molecule has 0 atom stereocenters. The smallest absolute Gasteiger partial charge is 0.335 e. The molecule has 0 spiro atoms. The zero-order valence-electron chi connectivity index (χ0n) is 16.8. The highest BCUT2D eigenvalue weighted by Crippen LogP contribution is 2.32. The number of nitrogens with two attached hydrogens (primary N) is 1. The number of aryl methyl sites for hydroxylation is 3. The lowest BCUT2D eigenvalue weighted by Crippen LogP contribution is -2.35. The third-order valence-electron chi connectivity index (χ3n) is 3.59. The van der Waals surface area contributed by atoms with Gasteiger partial charge in [-0.05, 0) is 20.8 Å². The lowest BCUT2D eigenvalue weighted by Gasteiger charge is -2.12. The van der Waals surface area contributed by atoms with Crippen molar-refractivity contribution >= 4 is 27.8 Å². The number of furan rings is 1. The highest BCUT2D eigenvalue weighted by Gasteiger charge is 2.31. The Balaban J connectivity index is 2.26. The van der Waals surface area contributed by atoms with E-state index < -0.39 is 16.1 Å². The zero-order valence-corrected chi connectivity index (χ0v) is 17.6. The van der Waals surface area contributed by atoms with E-state index in [0.29, 0.717) is 0 Å². The minimum absolute atomic E-state index is 0.0139. The first-order valence-electron chi connectivity index (χ1n) is 8.43. The molecule has 0 saturated heterocycles. The number of ether oxygens (including phenoxy) is 2. The van der Waals surface area contributed by atoms with Gasteiger partial charge in [-0.3, -0.25) is 5.32 Å². The fourth-order valence-electron chi connectivity index (χ4n) is 2.50. The van der Waals surface area contributed by atoms with Crippen molar-refractivity contribution in [1.29, 1.82) is 0 Å². The summed E-state index contributed by atoms with van der Waals surface area (Å²) in [5.41, 5.74) is 0.0856. The Morgan fingerprint density at radius 2 is 1.87 bits per heavy atom. The second-order valence-electron chi connectivity index (χ2n) is 5.81. The Bertz CT molecular complexity index is 1050. The van der Waals surface area contributed by atoms with Crippen LogP contribution in [0.25, 0.3) is 5.76 Å². The number of aromatic nitrogens is 3. The molecule has 2 aromatic heterocycles. The topological polar surface area (TPSA) is 181 Å². The third-order valence-corrected chi connectivity index (χ3v) is 5.07. The summed E-state index contributed by atoms with van der Waals surface area (Å²) >= 11 is 0. The Labute approximate surface area is 172 Å². The average molecular weight is 442 g/mol. The molecule has 0 aliphatic carbocycles. The van der Waals surface area contributed by atoms with Crippen LogP contribution in [0.15, 0.2) is 15.9 Å². The molecule has 0 fully saturated rings. The van der Waals surface area contributed by atoms with E-state index in [0.717, 1.165) is 0 Å². The number of carbonyl (C=O) groups excluding carboxylic acids is 1. The molecule has 0 radical (unpaired) electrons. The number of nitrogens with zero attached hydrogens (tertiary/aromatic N) is 3. The van der Waals surface area contributed by atoms with Gasteiger partial charge in [-0.25, -0.2) is 23.8 Å². The van der Waals surface area contributed by atoms with Gasteiger partial charge in [-0.2, -0.15) is 15.0 Å². The van der Waals surface area contributed by atoms with Crippen LogP contribution in [0.1, 0.15) is 22.9 Å². The molecule has 0 aromatic carbocycles. The van der Waals surface area contributed by atoms with Crippen LogP contribution < -0.4 is 20.7 Å². The molecule has 0 aliphatic heterocycles. The highest BCUT2D eigenvalue weighted by atomic mass is 32.2. The van der Waals surface area contributed by atoms with Crippen molar-refractivity contribution in [3.8, 4) is 6.01 Å². The first-order chi connectivity index (χ1) is 14.1. The molecule has 30 heavy (non-hydrogen) atoms. The first kappa shape index (κ1) is 23.1. The Hall–Kier alpha value is -3.23. The van der Waals surface area contributed by atoms with Crippen molar-refractivity contribution in [1.82, 2.24) is 19.7 Å². The largest absolute Gasteiger partial charge is 0.491 e.